The summed E-state index contributed by atoms with van der Waals surface area (Å²) in [5.41, 5.74) is 1.05. The summed E-state index contributed by atoms with van der Waals surface area (Å²) in [7, 11) is -0.230. The van der Waals surface area contributed by atoms with Crippen LogP contribution in [0.2, 0.25) is 13.1 Å². The minimum atomic E-state index is -0.613. The van der Waals surface area contributed by atoms with Crippen molar-refractivity contribution in [1.82, 2.24) is 4.98 Å². The van der Waals surface area contributed by atoms with E-state index in [0.29, 0.717) is 9.76 Å². The van der Waals surface area contributed by atoms with Crippen molar-refractivity contribution in [3.63, 3.8) is 0 Å². The zero-order chi connectivity index (χ0) is 10.7. The largest absolute Gasteiger partial charge is 0.452 e. The molecule has 0 spiro atoms. The van der Waals surface area contributed by atoms with Crippen LogP contribution in [0.1, 0.15) is 0 Å². The lowest BCUT2D eigenvalue weighted by Gasteiger charge is -2.04. The first kappa shape index (κ1) is 10.5. The van der Waals surface area contributed by atoms with Crippen LogP contribution in [0, 0.1) is 0 Å². The Morgan fingerprint density at radius 2 is 1.93 bits per heavy atom. The van der Waals surface area contributed by atoms with Crippen LogP contribution in [0.25, 0.3) is 10.9 Å². The van der Waals surface area contributed by atoms with Gasteiger partial charge in [-0.3, -0.25) is 4.98 Å². The van der Waals surface area contributed by atoms with Gasteiger partial charge in [-0.05, 0) is 25.2 Å². The zero-order valence-electron chi connectivity index (χ0n) is 8.82. The molecule has 0 aliphatic heterocycles. The number of nitrogens with zero attached hydrogens (tertiary/aromatic N) is 1. The van der Waals surface area contributed by atoms with Gasteiger partial charge in [0.1, 0.15) is 0 Å². The highest BCUT2D eigenvalue weighted by Gasteiger charge is 2.03. The van der Waals surface area contributed by atoms with Crippen LogP contribution in [-0.2, 0) is 4.12 Å². The molecule has 2 aromatic rings. The predicted octanol–water partition coefficient (Wildman–Crippen LogP) is 1.75. The fraction of sp³-hybridized carbons (Fsp3) is 0.182. The van der Waals surface area contributed by atoms with E-state index in [1.165, 1.54) is 5.39 Å². The molecule has 3 radical (unpaired) electrons. The lowest BCUT2D eigenvalue weighted by atomic mass is 10.2. The predicted molar refractivity (Wildman–Crippen MR) is 65.7 cm³/mol. The number of aromatic nitrogens is 1. The van der Waals surface area contributed by atoms with E-state index in [2.05, 4.69) is 30.2 Å². The molecule has 0 aliphatic rings. The van der Waals surface area contributed by atoms with Crippen LogP contribution in [-0.4, -0.2) is 23.8 Å². The van der Waals surface area contributed by atoms with Gasteiger partial charge in [0.2, 0.25) is 0 Å². The standard InChI is InChI=1S/C11H12NOSi2/c1-15(2)13-14-11-8-7-9-5-3-4-6-10(9)12-11/h3-8H,1-2H3. The van der Waals surface area contributed by atoms with Gasteiger partial charge in [0, 0.05) is 5.39 Å². The molecule has 0 atom stereocenters. The molecular formula is C11H12NOSi2. The average molecular weight is 230 g/mol. The Labute approximate surface area is 94.0 Å². The van der Waals surface area contributed by atoms with Crippen LogP contribution in [0.3, 0.4) is 0 Å². The van der Waals surface area contributed by atoms with Crippen LogP contribution < -0.4 is 5.32 Å². The molecule has 0 fully saturated rings. The highest BCUT2D eigenvalue weighted by molar-refractivity contribution is 6.61. The van der Waals surface area contributed by atoms with Gasteiger partial charge in [-0.15, -0.1) is 0 Å². The van der Waals surface area contributed by atoms with E-state index in [1.54, 1.807) is 0 Å². The second-order valence-electron chi connectivity index (χ2n) is 3.50. The number of rotatable bonds is 3. The maximum Gasteiger partial charge on any atom is 0.278 e. The summed E-state index contributed by atoms with van der Waals surface area (Å²) in [5.74, 6) is 0. The summed E-state index contributed by atoms with van der Waals surface area (Å²) in [6, 6.07) is 12.3. The molecule has 0 unspecified atom stereocenters. The van der Waals surface area contributed by atoms with Crippen molar-refractivity contribution in [2.45, 2.75) is 13.1 Å². The maximum atomic E-state index is 5.64. The molecule has 15 heavy (non-hydrogen) atoms. The molecule has 0 saturated carbocycles. The third-order valence-electron chi connectivity index (χ3n) is 1.96. The van der Waals surface area contributed by atoms with Gasteiger partial charge < -0.3 is 4.12 Å². The van der Waals surface area contributed by atoms with E-state index in [1.807, 2.05) is 24.3 Å². The first-order valence-electron chi connectivity index (χ1n) is 4.84. The van der Waals surface area contributed by atoms with Crippen molar-refractivity contribution in [1.29, 1.82) is 0 Å². The fourth-order valence-corrected chi connectivity index (χ4v) is 2.83. The molecule has 0 bridgehead atoms. The van der Waals surface area contributed by atoms with Gasteiger partial charge in [0.15, 0.2) is 9.04 Å². The molecule has 1 heterocycles. The first-order chi connectivity index (χ1) is 7.25. The second kappa shape index (κ2) is 4.70. The van der Waals surface area contributed by atoms with Crippen molar-refractivity contribution in [2.75, 3.05) is 0 Å². The molecule has 0 N–H and O–H groups in total. The monoisotopic (exact) mass is 230 g/mol. The van der Waals surface area contributed by atoms with Crippen molar-refractivity contribution < 1.29 is 4.12 Å². The molecule has 0 saturated heterocycles. The lowest BCUT2D eigenvalue weighted by molar-refractivity contribution is 0.634. The molecule has 1 aromatic carbocycles. The van der Waals surface area contributed by atoms with Crippen LogP contribution in [0.5, 0.6) is 0 Å². The number of fused-ring (bicyclic) bond motifs is 1. The third kappa shape index (κ3) is 2.74. The molecule has 0 amide bonds. The summed E-state index contributed by atoms with van der Waals surface area (Å²) >= 11 is 0. The lowest BCUT2D eigenvalue weighted by Crippen LogP contribution is -2.25. The van der Waals surface area contributed by atoms with E-state index in [9.17, 15) is 0 Å². The van der Waals surface area contributed by atoms with Gasteiger partial charge >= 0.3 is 0 Å². The first-order valence-corrected chi connectivity index (χ1v) is 8.16. The topological polar surface area (TPSA) is 22.1 Å². The van der Waals surface area contributed by atoms with Gasteiger partial charge in [-0.25, -0.2) is 0 Å². The highest BCUT2D eigenvalue weighted by Crippen LogP contribution is 2.07. The Hall–Kier alpha value is -0.976. The number of benzene rings is 1. The SMILES string of the molecule is C[Si](C)O[Si]c1ccc2ccccc2n1. The molecular weight excluding hydrogens is 218 g/mol. The minimum Gasteiger partial charge on any atom is -0.452 e. The van der Waals surface area contributed by atoms with Crippen molar-refractivity contribution in [3.05, 3.63) is 36.4 Å². The summed E-state index contributed by atoms with van der Waals surface area (Å²) in [6.07, 6.45) is 0. The quantitative estimate of drug-likeness (QED) is 0.750. The Bertz CT molecular complexity index is 459. The molecule has 0 aliphatic carbocycles. The Kier molecular flexibility index (Phi) is 3.30. The van der Waals surface area contributed by atoms with Gasteiger partial charge in [0.05, 0.1) is 10.8 Å². The fourth-order valence-electron chi connectivity index (χ4n) is 1.28. The van der Waals surface area contributed by atoms with Crippen molar-refractivity contribution in [3.8, 4) is 0 Å². The summed E-state index contributed by atoms with van der Waals surface area (Å²) in [4.78, 5) is 4.55. The van der Waals surface area contributed by atoms with Crippen LogP contribution in [0.15, 0.2) is 36.4 Å². The highest BCUT2D eigenvalue weighted by atomic mass is 28.3. The van der Waals surface area contributed by atoms with Crippen molar-refractivity contribution >= 4 is 35.0 Å². The van der Waals surface area contributed by atoms with Gasteiger partial charge in [-0.2, -0.15) is 0 Å². The number of pyridine rings is 1. The van der Waals surface area contributed by atoms with E-state index >= 15 is 0 Å². The molecule has 75 valence electrons. The molecule has 2 nitrogen and oxygen atoms in total. The Morgan fingerprint density at radius 1 is 1.13 bits per heavy atom. The molecule has 2 rings (SSSR count). The summed E-state index contributed by atoms with van der Waals surface area (Å²) < 4.78 is 5.64. The average Bonchev–Trinajstić information content (AvgIpc) is 2.26. The third-order valence-corrected chi connectivity index (χ3v) is 4.49. The summed E-state index contributed by atoms with van der Waals surface area (Å²) in [6.45, 7) is 4.28. The summed E-state index contributed by atoms with van der Waals surface area (Å²) in [5, 5.41) is 2.23. The maximum absolute atomic E-state index is 5.64. The number of hydrogen-bond donors (Lipinski definition) is 0. The van der Waals surface area contributed by atoms with E-state index in [0.717, 1.165) is 10.8 Å². The number of hydrogen-bond acceptors (Lipinski definition) is 2. The second-order valence-corrected chi connectivity index (χ2v) is 6.85. The van der Waals surface area contributed by atoms with Crippen molar-refractivity contribution in [2.24, 2.45) is 0 Å². The minimum absolute atomic E-state index is 0.382. The van der Waals surface area contributed by atoms with Gasteiger partial charge in [0.25, 0.3) is 9.76 Å². The number of para-hydroxylation sites is 1. The molecule has 1 aromatic heterocycles. The van der Waals surface area contributed by atoms with Crippen LogP contribution in [0.4, 0.5) is 0 Å². The van der Waals surface area contributed by atoms with E-state index < -0.39 is 9.04 Å². The van der Waals surface area contributed by atoms with Gasteiger partial charge in [-0.1, -0.05) is 24.3 Å². The van der Waals surface area contributed by atoms with E-state index in [-0.39, 0.29) is 0 Å². The normalized spacial score (nSPS) is 11.1. The Balaban J connectivity index is 2.23. The van der Waals surface area contributed by atoms with E-state index in [4.69, 9.17) is 4.12 Å². The molecule has 4 heteroatoms. The zero-order valence-corrected chi connectivity index (χ0v) is 10.8. The Morgan fingerprint density at radius 3 is 2.73 bits per heavy atom. The smallest absolute Gasteiger partial charge is 0.278 e. The van der Waals surface area contributed by atoms with Crippen LogP contribution >= 0.6 is 0 Å².